The molecule has 0 bridgehead atoms. The number of nitrogens with zero attached hydrogens (tertiary/aromatic N) is 1. The fourth-order valence-electron chi connectivity index (χ4n) is 2.91. The Hall–Kier alpha value is -1.60. The van der Waals surface area contributed by atoms with Crippen molar-refractivity contribution in [2.24, 2.45) is 0 Å². The summed E-state index contributed by atoms with van der Waals surface area (Å²) in [7, 11) is 0. The van der Waals surface area contributed by atoms with Crippen LogP contribution in [0, 0.1) is 0 Å². The fraction of sp³-hybridized carbons (Fsp3) is 0.400. The standard InChI is InChI=1S/C20H27N/c1-4-5-16-21(17(2)19-12-8-6-9-13-19)18(3)20-14-10-7-11-15-20/h6-15,17-18H,4-5,16H2,1-3H3. The molecule has 21 heavy (non-hydrogen) atoms. The second-order valence-electron chi connectivity index (χ2n) is 5.76. The zero-order valence-corrected chi connectivity index (χ0v) is 13.5. The molecule has 0 aliphatic heterocycles. The summed E-state index contributed by atoms with van der Waals surface area (Å²) in [5, 5.41) is 0. The first-order valence-corrected chi connectivity index (χ1v) is 8.09. The average Bonchev–Trinajstić information content (AvgIpc) is 2.56. The van der Waals surface area contributed by atoms with Crippen molar-refractivity contribution in [1.82, 2.24) is 4.90 Å². The van der Waals surface area contributed by atoms with E-state index >= 15 is 0 Å². The molecule has 0 saturated heterocycles. The number of benzene rings is 2. The number of hydrogen-bond donors (Lipinski definition) is 0. The first-order valence-electron chi connectivity index (χ1n) is 8.09. The first-order chi connectivity index (χ1) is 10.2. The predicted molar refractivity (Wildman–Crippen MR) is 91.3 cm³/mol. The Kier molecular flexibility index (Phi) is 6.01. The Morgan fingerprint density at radius 2 is 1.19 bits per heavy atom. The lowest BCUT2D eigenvalue weighted by molar-refractivity contribution is 0.151. The van der Waals surface area contributed by atoms with E-state index in [0.29, 0.717) is 12.1 Å². The van der Waals surface area contributed by atoms with Gasteiger partial charge in [-0.25, -0.2) is 0 Å². The lowest BCUT2D eigenvalue weighted by atomic mass is 10.0. The van der Waals surface area contributed by atoms with Gasteiger partial charge in [0.25, 0.3) is 0 Å². The highest BCUT2D eigenvalue weighted by Crippen LogP contribution is 2.30. The molecule has 0 aliphatic carbocycles. The van der Waals surface area contributed by atoms with E-state index in [9.17, 15) is 0 Å². The Labute approximate surface area is 129 Å². The molecular weight excluding hydrogens is 254 g/mol. The van der Waals surface area contributed by atoms with Gasteiger partial charge in [0, 0.05) is 12.1 Å². The van der Waals surface area contributed by atoms with Gasteiger partial charge in [0.2, 0.25) is 0 Å². The second kappa shape index (κ2) is 7.99. The Morgan fingerprint density at radius 1 is 0.762 bits per heavy atom. The predicted octanol–water partition coefficient (Wildman–Crippen LogP) is 5.61. The summed E-state index contributed by atoms with van der Waals surface area (Å²) in [6.07, 6.45) is 2.48. The summed E-state index contributed by atoms with van der Waals surface area (Å²) in [5.41, 5.74) is 2.80. The quantitative estimate of drug-likeness (QED) is 0.637. The molecule has 2 atom stereocenters. The Morgan fingerprint density at radius 3 is 1.57 bits per heavy atom. The smallest absolute Gasteiger partial charge is 0.0325 e. The van der Waals surface area contributed by atoms with E-state index in [1.807, 2.05) is 0 Å². The van der Waals surface area contributed by atoms with Crippen LogP contribution in [-0.2, 0) is 0 Å². The van der Waals surface area contributed by atoms with Gasteiger partial charge in [0.1, 0.15) is 0 Å². The van der Waals surface area contributed by atoms with Crippen LogP contribution in [0.5, 0.6) is 0 Å². The Balaban J connectivity index is 2.21. The van der Waals surface area contributed by atoms with Crippen molar-refractivity contribution in [3.63, 3.8) is 0 Å². The van der Waals surface area contributed by atoms with Gasteiger partial charge in [-0.15, -0.1) is 0 Å². The van der Waals surface area contributed by atoms with Gasteiger partial charge in [0.15, 0.2) is 0 Å². The third kappa shape index (κ3) is 4.18. The van der Waals surface area contributed by atoms with Crippen LogP contribution in [0.3, 0.4) is 0 Å². The van der Waals surface area contributed by atoms with Crippen LogP contribution in [0.15, 0.2) is 60.7 Å². The summed E-state index contributed by atoms with van der Waals surface area (Å²) in [4.78, 5) is 2.62. The van der Waals surface area contributed by atoms with Gasteiger partial charge in [0.05, 0.1) is 0 Å². The molecule has 0 spiro atoms. The van der Waals surface area contributed by atoms with Gasteiger partial charge >= 0.3 is 0 Å². The lowest BCUT2D eigenvalue weighted by Crippen LogP contribution is -2.31. The summed E-state index contributed by atoms with van der Waals surface area (Å²) >= 11 is 0. The normalized spacial score (nSPS) is 14.1. The van der Waals surface area contributed by atoms with Gasteiger partial charge in [-0.05, 0) is 37.9 Å². The molecule has 0 aromatic heterocycles. The third-order valence-corrected chi connectivity index (χ3v) is 4.33. The Bertz CT molecular complexity index is 460. The van der Waals surface area contributed by atoms with Crippen LogP contribution in [0.25, 0.3) is 0 Å². The van der Waals surface area contributed by atoms with Crippen LogP contribution in [0.4, 0.5) is 0 Å². The second-order valence-corrected chi connectivity index (χ2v) is 5.76. The summed E-state index contributed by atoms with van der Waals surface area (Å²) in [6.45, 7) is 8.05. The van der Waals surface area contributed by atoms with E-state index in [0.717, 1.165) is 6.54 Å². The monoisotopic (exact) mass is 281 g/mol. The summed E-state index contributed by atoms with van der Waals surface area (Å²) < 4.78 is 0. The molecule has 1 heteroatoms. The van der Waals surface area contributed by atoms with Crippen LogP contribution >= 0.6 is 0 Å². The molecule has 0 radical (unpaired) electrons. The van der Waals surface area contributed by atoms with Gasteiger partial charge in [-0.2, -0.15) is 0 Å². The molecule has 1 nitrogen and oxygen atoms in total. The largest absolute Gasteiger partial charge is 0.290 e. The molecule has 2 unspecified atom stereocenters. The van der Waals surface area contributed by atoms with Crippen molar-refractivity contribution < 1.29 is 0 Å². The number of unbranched alkanes of at least 4 members (excludes halogenated alkanes) is 1. The maximum Gasteiger partial charge on any atom is 0.0325 e. The van der Waals surface area contributed by atoms with E-state index in [2.05, 4.69) is 86.3 Å². The maximum absolute atomic E-state index is 2.62. The van der Waals surface area contributed by atoms with Crippen LogP contribution in [0.2, 0.25) is 0 Å². The molecule has 0 heterocycles. The third-order valence-electron chi connectivity index (χ3n) is 4.33. The molecule has 0 aliphatic rings. The van der Waals surface area contributed by atoms with Crippen molar-refractivity contribution in [1.29, 1.82) is 0 Å². The molecule has 0 saturated carbocycles. The molecule has 2 aromatic rings. The molecule has 112 valence electrons. The van der Waals surface area contributed by atoms with Gasteiger partial charge in [-0.1, -0.05) is 74.0 Å². The van der Waals surface area contributed by atoms with Crippen LogP contribution < -0.4 is 0 Å². The molecule has 0 N–H and O–H groups in total. The molecule has 2 rings (SSSR count). The van der Waals surface area contributed by atoms with E-state index in [-0.39, 0.29) is 0 Å². The van der Waals surface area contributed by atoms with Crippen LogP contribution in [0.1, 0.15) is 56.8 Å². The minimum Gasteiger partial charge on any atom is -0.290 e. The van der Waals surface area contributed by atoms with Gasteiger partial charge < -0.3 is 0 Å². The zero-order valence-electron chi connectivity index (χ0n) is 13.5. The van der Waals surface area contributed by atoms with Crippen molar-refractivity contribution in [2.75, 3.05) is 6.54 Å². The van der Waals surface area contributed by atoms with Crippen molar-refractivity contribution in [3.8, 4) is 0 Å². The van der Waals surface area contributed by atoms with E-state index in [4.69, 9.17) is 0 Å². The minimum atomic E-state index is 0.438. The van der Waals surface area contributed by atoms with E-state index in [1.54, 1.807) is 0 Å². The van der Waals surface area contributed by atoms with Gasteiger partial charge in [-0.3, -0.25) is 4.90 Å². The molecule has 0 fully saturated rings. The molecule has 2 aromatic carbocycles. The lowest BCUT2D eigenvalue weighted by Gasteiger charge is -2.35. The minimum absolute atomic E-state index is 0.438. The van der Waals surface area contributed by atoms with Crippen LogP contribution in [-0.4, -0.2) is 11.4 Å². The number of rotatable bonds is 7. The number of hydrogen-bond acceptors (Lipinski definition) is 1. The summed E-state index contributed by atoms with van der Waals surface area (Å²) in [6, 6.07) is 22.6. The molecular formula is C20H27N. The van der Waals surface area contributed by atoms with Crippen molar-refractivity contribution >= 4 is 0 Å². The highest BCUT2D eigenvalue weighted by Gasteiger charge is 2.21. The van der Waals surface area contributed by atoms with E-state index < -0.39 is 0 Å². The zero-order chi connectivity index (χ0) is 15.1. The summed E-state index contributed by atoms with van der Waals surface area (Å²) in [5.74, 6) is 0. The topological polar surface area (TPSA) is 3.24 Å². The fourth-order valence-corrected chi connectivity index (χ4v) is 2.91. The average molecular weight is 281 g/mol. The molecule has 0 amide bonds. The van der Waals surface area contributed by atoms with Crippen molar-refractivity contribution in [2.45, 2.75) is 45.7 Å². The maximum atomic E-state index is 2.62. The van der Waals surface area contributed by atoms with Crippen molar-refractivity contribution in [3.05, 3.63) is 71.8 Å². The SMILES string of the molecule is CCCCN(C(C)c1ccccc1)C(C)c1ccccc1. The van der Waals surface area contributed by atoms with E-state index in [1.165, 1.54) is 24.0 Å². The highest BCUT2D eigenvalue weighted by molar-refractivity contribution is 5.22. The first kappa shape index (κ1) is 15.8. The highest BCUT2D eigenvalue weighted by atomic mass is 15.2.